The summed E-state index contributed by atoms with van der Waals surface area (Å²) in [5.74, 6) is -0.844. The molecule has 0 aliphatic carbocycles. The zero-order valence-corrected chi connectivity index (χ0v) is 8.94. The number of rotatable bonds is 3. The van der Waals surface area contributed by atoms with Gasteiger partial charge in [0.05, 0.1) is 15.9 Å². The van der Waals surface area contributed by atoms with Crippen LogP contribution < -0.4 is 11.1 Å². The van der Waals surface area contributed by atoms with Crippen molar-refractivity contribution < 1.29 is 9.59 Å². The van der Waals surface area contributed by atoms with E-state index in [1.165, 1.54) is 11.3 Å². The van der Waals surface area contributed by atoms with E-state index < -0.39 is 5.91 Å². The SMILES string of the molecule is NC(=O)CNC(=O)c1csc(Br)c1. The molecule has 1 aromatic heterocycles. The second-order valence-corrected chi connectivity index (χ2v) is 4.58. The quantitative estimate of drug-likeness (QED) is 0.843. The minimum atomic E-state index is -0.553. The summed E-state index contributed by atoms with van der Waals surface area (Å²) in [5.41, 5.74) is 5.39. The Morgan fingerprint density at radius 2 is 2.31 bits per heavy atom. The van der Waals surface area contributed by atoms with Crippen molar-refractivity contribution in [3.8, 4) is 0 Å². The zero-order valence-electron chi connectivity index (χ0n) is 6.54. The second-order valence-electron chi connectivity index (χ2n) is 2.29. The molecule has 1 heterocycles. The predicted molar refractivity (Wildman–Crippen MR) is 53.5 cm³/mol. The van der Waals surface area contributed by atoms with Gasteiger partial charge in [0.25, 0.3) is 5.91 Å². The maximum absolute atomic E-state index is 11.2. The summed E-state index contributed by atoms with van der Waals surface area (Å²) >= 11 is 4.63. The normalized spacial score (nSPS) is 9.62. The van der Waals surface area contributed by atoms with E-state index in [-0.39, 0.29) is 12.5 Å². The van der Waals surface area contributed by atoms with Crippen LogP contribution in [0, 0.1) is 0 Å². The number of hydrogen-bond donors (Lipinski definition) is 2. The second kappa shape index (κ2) is 4.38. The monoisotopic (exact) mass is 262 g/mol. The number of nitrogens with one attached hydrogen (secondary N) is 1. The van der Waals surface area contributed by atoms with Gasteiger partial charge in [-0.3, -0.25) is 9.59 Å². The third-order valence-electron chi connectivity index (χ3n) is 1.25. The Hall–Kier alpha value is -0.880. The lowest BCUT2D eigenvalue weighted by Gasteiger charge is -1.98. The van der Waals surface area contributed by atoms with E-state index in [2.05, 4.69) is 21.2 Å². The average molecular weight is 263 g/mol. The summed E-state index contributed by atoms with van der Waals surface area (Å²) in [6.45, 7) is -0.133. The maximum Gasteiger partial charge on any atom is 0.252 e. The molecule has 0 aromatic carbocycles. The fourth-order valence-electron chi connectivity index (χ4n) is 0.699. The van der Waals surface area contributed by atoms with Crippen LogP contribution in [-0.2, 0) is 4.79 Å². The molecule has 0 spiro atoms. The van der Waals surface area contributed by atoms with Gasteiger partial charge in [0.15, 0.2) is 0 Å². The van der Waals surface area contributed by atoms with E-state index in [0.29, 0.717) is 5.56 Å². The van der Waals surface area contributed by atoms with Gasteiger partial charge in [-0.1, -0.05) is 0 Å². The molecule has 0 atom stereocenters. The van der Waals surface area contributed by atoms with Crippen molar-refractivity contribution in [2.75, 3.05) is 6.54 Å². The predicted octanol–water partition coefficient (Wildman–Crippen LogP) is 0.726. The number of carbonyl (C=O) groups is 2. The number of halogens is 1. The van der Waals surface area contributed by atoms with Gasteiger partial charge in [-0.25, -0.2) is 0 Å². The highest BCUT2D eigenvalue weighted by Gasteiger charge is 2.07. The number of carbonyl (C=O) groups excluding carboxylic acids is 2. The molecule has 0 saturated carbocycles. The Morgan fingerprint density at radius 1 is 1.62 bits per heavy atom. The molecule has 70 valence electrons. The van der Waals surface area contributed by atoms with Crippen LogP contribution in [0.5, 0.6) is 0 Å². The van der Waals surface area contributed by atoms with Crippen molar-refractivity contribution in [3.05, 3.63) is 20.8 Å². The summed E-state index contributed by atoms with van der Waals surface area (Å²) in [5, 5.41) is 4.08. The smallest absolute Gasteiger partial charge is 0.252 e. The van der Waals surface area contributed by atoms with Gasteiger partial charge in [0, 0.05) is 5.38 Å². The summed E-state index contributed by atoms with van der Waals surface area (Å²) in [6, 6.07) is 1.68. The minimum Gasteiger partial charge on any atom is -0.368 e. The standard InChI is InChI=1S/C7H7BrN2O2S/c8-5-1-4(3-13-5)7(12)10-2-6(9)11/h1,3H,2H2,(H2,9,11)(H,10,12). The Labute approximate surface area is 87.2 Å². The number of hydrogen-bond acceptors (Lipinski definition) is 3. The van der Waals surface area contributed by atoms with Crippen molar-refractivity contribution in [1.82, 2.24) is 5.32 Å². The fraction of sp³-hybridized carbons (Fsp3) is 0.143. The van der Waals surface area contributed by atoms with Crippen LogP contribution in [-0.4, -0.2) is 18.4 Å². The highest BCUT2D eigenvalue weighted by Crippen LogP contribution is 2.20. The molecule has 4 nitrogen and oxygen atoms in total. The number of amides is 2. The molecule has 6 heteroatoms. The van der Waals surface area contributed by atoms with E-state index in [1.807, 2.05) is 0 Å². The summed E-state index contributed by atoms with van der Waals surface area (Å²) in [4.78, 5) is 21.6. The maximum atomic E-state index is 11.2. The first kappa shape index (κ1) is 10.2. The van der Waals surface area contributed by atoms with Gasteiger partial charge in [-0.2, -0.15) is 0 Å². The topological polar surface area (TPSA) is 72.2 Å². The van der Waals surface area contributed by atoms with Gasteiger partial charge < -0.3 is 11.1 Å². The zero-order chi connectivity index (χ0) is 9.84. The van der Waals surface area contributed by atoms with Gasteiger partial charge in [-0.05, 0) is 22.0 Å². The number of nitrogens with two attached hydrogens (primary N) is 1. The largest absolute Gasteiger partial charge is 0.368 e. The van der Waals surface area contributed by atoms with Crippen molar-refractivity contribution in [3.63, 3.8) is 0 Å². The van der Waals surface area contributed by atoms with Crippen LogP contribution >= 0.6 is 27.3 Å². The first-order valence-corrected chi connectivity index (χ1v) is 5.07. The summed E-state index contributed by atoms with van der Waals surface area (Å²) < 4.78 is 0.872. The van der Waals surface area contributed by atoms with Crippen molar-refractivity contribution in [2.45, 2.75) is 0 Å². The van der Waals surface area contributed by atoms with E-state index in [4.69, 9.17) is 5.73 Å². The Morgan fingerprint density at radius 3 is 2.77 bits per heavy atom. The first-order valence-electron chi connectivity index (χ1n) is 3.40. The first-order chi connectivity index (χ1) is 6.09. The molecule has 0 aliphatic rings. The molecule has 0 bridgehead atoms. The number of primary amides is 1. The van der Waals surface area contributed by atoms with Crippen molar-refractivity contribution in [2.24, 2.45) is 5.73 Å². The molecule has 0 unspecified atom stereocenters. The molecule has 0 radical (unpaired) electrons. The Kier molecular flexibility index (Phi) is 3.44. The van der Waals surface area contributed by atoms with Crippen molar-refractivity contribution >= 4 is 39.1 Å². The van der Waals surface area contributed by atoms with Crippen LogP contribution in [0.15, 0.2) is 15.2 Å². The van der Waals surface area contributed by atoms with Gasteiger partial charge in [0.2, 0.25) is 5.91 Å². The van der Waals surface area contributed by atoms with Crippen LogP contribution in [0.3, 0.4) is 0 Å². The van der Waals surface area contributed by atoms with Crippen molar-refractivity contribution in [1.29, 1.82) is 0 Å². The van der Waals surface area contributed by atoms with E-state index in [1.54, 1.807) is 11.4 Å². The summed E-state index contributed by atoms with van der Waals surface area (Å²) in [6.07, 6.45) is 0. The fourth-order valence-corrected chi connectivity index (χ4v) is 1.84. The Bertz CT molecular complexity index is 337. The highest BCUT2D eigenvalue weighted by atomic mass is 79.9. The lowest BCUT2D eigenvalue weighted by atomic mass is 10.3. The van der Waals surface area contributed by atoms with E-state index in [9.17, 15) is 9.59 Å². The third-order valence-corrected chi connectivity index (χ3v) is 2.76. The van der Waals surface area contributed by atoms with Crippen LogP contribution in [0.4, 0.5) is 0 Å². The van der Waals surface area contributed by atoms with E-state index >= 15 is 0 Å². The molecule has 0 fully saturated rings. The van der Waals surface area contributed by atoms with Gasteiger partial charge in [0.1, 0.15) is 0 Å². The number of thiophene rings is 1. The third kappa shape index (κ3) is 3.16. The van der Waals surface area contributed by atoms with Crippen LogP contribution in [0.2, 0.25) is 0 Å². The molecule has 13 heavy (non-hydrogen) atoms. The molecular formula is C7H7BrN2O2S. The van der Waals surface area contributed by atoms with Gasteiger partial charge in [-0.15, -0.1) is 11.3 Å². The molecule has 1 aromatic rings. The Balaban J connectivity index is 2.54. The summed E-state index contributed by atoms with van der Waals surface area (Å²) in [7, 11) is 0. The molecule has 2 amide bonds. The van der Waals surface area contributed by atoms with E-state index in [0.717, 1.165) is 3.79 Å². The van der Waals surface area contributed by atoms with Crippen LogP contribution in [0.25, 0.3) is 0 Å². The molecular weight excluding hydrogens is 256 g/mol. The minimum absolute atomic E-state index is 0.133. The molecule has 0 saturated heterocycles. The molecule has 0 aliphatic heterocycles. The lowest BCUT2D eigenvalue weighted by molar-refractivity contribution is -0.117. The van der Waals surface area contributed by atoms with Crippen LogP contribution in [0.1, 0.15) is 10.4 Å². The highest BCUT2D eigenvalue weighted by molar-refractivity contribution is 9.11. The van der Waals surface area contributed by atoms with Gasteiger partial charge >= 0.3 is 0 Å². The lowest BCUT2D eigenvalue weighted by Crippen LogP contribution is -2.32. The average Bonchev–Trinajstić information content (AvgIpc) is 2.47. The molecule has 1 rings (SSSR count). The molecule has 3 N–H and O–H groups in total.